The van der Waals surface area contributed by atoms with Gasteiger partial charge in [-0.3, -0.25) is 0 Å². The molecule has 0 heterocycles. The molecule has 0 aliphatic heterocycles. The van der Waals surface area contributed by atoms with Crippen LogP contribution in [-0.2, 0) is 4.74 Å². The minimum absolute atomic E-state index is 0.186. The number of rotatable bonds is 5. The fourth-order valence-corrected chi connectivity index (χ4v) is 0.883. The van der Waals surface area contributed by atoms with E-state index >= 15 is 0 Å². The standard InChI is InChI=1S/C6H10BrF3O/c7-3-1-2-4-11-5-6(8,9)10/h1-5H2. The maximum Gasteiger partial charge on any atom is 0.411 e. The molecule has 0 aliphatic rings. The molecule has 11 heavy (non-hydrogen) atoms. The number of unbranched alkanes of at least 4 members (excludes halogenated alkanes) is 1. The summed E-state index contributed by atoms with van der Waals surface area (Å²) in [5.41, 5.74) is 0. The van der Waals surface area contributed by atoms with Gasteiger partial charge in [-0.25, -0.2) is 0 Å². The third-order valence-corrected chi connectivity index (χ3v) is 1.50. The lowest BCUT2D eigenvalue weighted by Gasteiger charge is -2.06. The Bertz CT molecular complexity index is 94.3. The van der Waals surface area contributed by atoms with Crippen molar-refractivity contribution in [3.05, 3.63) is 0 Å². The monoisotopic (exact) mass is 234 g/mol. The van der Waals surface area contributed by atoms with Crippen LogP contribution < -0.4 is 0 Å². The summed E-state index contributed by atoms with van der Waals surface area (Å²) in [5, 5.41) is 0.808. The highest BCUT2D eigenvalue weighted by Crippen LogP contribution is 2.14. The minimum Gasteiger partial charge on any atom is -0.372 e. The Labute approximate surface area is 72.0 Å². The average molecular weight is 235 g/mol. The molecule has 0 atom stereocenters. The number of hydrogen-bond donors (Lipinski definition) is 0. The molecule has 0 aromatic carbocycles. The van der Waals surface area contributed by atoms with E-state index in [0.717, 1.165) is 11.8 Å². The van der Waals surface area contributed by atoms with Gasteiger partial charge in [0.05, 0.1) is 0 Å². The van der Waals surface area contributed by atoms with Crippen LogP contribution in [-0.4, -0.2) is 24.7 Å². The van der Waals surface area contributed by atoms with Crippen LogP contribution in [0.25, 0.3) is 0 Å². The zero-order chi connectivity index (χ0) is 8.74. The lowest BCUT2D eigenvalue weighted by Crippen LogP contribution is -2.17. The first-order valence-corrected chi connectivity index (χ1v) is 4.39. The molecular formula is C6H10BrF3O. The van der Waals surface area contributed by atoms with Crippen molar-refractivity contribution in [2.45, 2.75) is 19.0 Å². The van der Waals surface area contributed by atoms with E-state index in [4.69, 9.17) is 0 Å². The Morgan fingerprint density at radius 2 is 1.82 bits per heavy atom. The van der Waals surface area contributed by atoms with Gasteiger partial charge in [-0.1, -0.05) is 15.9 Å². The van der Waals surface area contributed by atoms with Crippen LogP contribution in [0.4, 0.5) is 13.2 Å². The van der Waals surface area contributed by atoms with Gasteiger partial charge in [-0.05, 0) is 12.8 Å². The second kappa shape index (κ2) is 5.83. The van der Waals surface area contributed by atoms with Gasteiger partial charge in [0.2, 0.25) is 0 Å². The van der Waals surface area contributed by atoms with Crippen molar-refractivity contribution in [1.82, 2.24) is 0 Å². The molecule has 0 amide bonds. The molecule has 0 N–H and O–H groups in total. The minimum atomic E-state index is -4.19. The quantitative estimate of drug-likeness (QED) is 0.525. The van der Waals surface area contributed by atoms with Crippen LogP contribution in [0.2, 0.25) is 0 Å². The van der Waals surface area contributed by atoms with E-state index < -0.39 is 12.8 Å². The normalized spacial score (nSPS) is 12.0. The molecule has 0 fully saturated rings. The SMILES string of the molecule is FC(F)(F)COCCCCBr. The van der Waals surface area contributed by atoms with Gasteiger partial charge < -0.3 is 4.74 Å². The predicted molar refractivity (Wildman–Crippen MR) is 39.9 cm³/mol. The van der Waals surface area contributed by atoms with Gasteiger partial charge in [0.15, 0.2) is 0 Å². The topological polar surface area (TPSA) is 9.23 Å². The Morgan fingerprint density at radius 1 is 1.18 bits per heavy atom. The highest BCUT2D eigenvalue weighted by Gasteiger charge is 2.26. The molecule has 0 rings (SSSR count). The number of halogens is 4. The molecule has 0 unspecified atom stereocenters. The van der Waals surface area contributed by atoms with Gasteiger partial charge in [0.1, 0.15) is 6.61 Å². The fourth-order valence-electron chi connectivity index (χ4n) is 0.487. The van der Waals surface area contributed by atoms with Gasteiger partial charge in [-0.15, -0.1) is 0 Å². The Balaban J connectivity index is 3.02. The van der Waals surface area contributed by atoms with Gasteiger partial charge >= 0.3 is 6.18 Å². The first-order valence-electron chi connectivity index (χ1n) is 3.27. The molecule has 0 saturated carbocycles. The Kier molecular flexibility index (Phi) is 5.95. The van der Waals surface area contributed by atoms with Gasteiger partial charge in [0.25, 0.3) is 0 Å². The largest absolute Gasteiger partial charge is 0.411 e. The molecule has 0 saturated heterocycles. The summed E-state index contributed by atoms with van der Waals surface area (Å²) in [6.07, 6.45) is -2.67. The van der Waals surface area contributed by atoms with E-state index in [1.165, 1.54) is 0 Å². The molecule has 1 nitrogen and oxygen atoms in total. The highest BCUT2D eigenvalue weighted by molar-refractivity contribution is 9.09. The van der Waals surface area contributed by atoms with E-state index in [1.54, 1.807) is 0 Å². The summed E-state index contributed by atoms with van der Waals surface area (Å²) in [4.78, 5) is 0. The first-order chi connectivity index (χ1) is 5.06. The van der Waals surface area contributed by atoms with Crippen LogP contribution in [0, 0.1) is 0 Å². The van der Waals surface area contributed by atoms with Crippen LogP contribution in [0.5, 0.6) is 0 Å². The lowest BCUT2D eigenvalue weighted by atomic mass is 10.4. The molecule has 0 aromatic heterocycles. The molecule has 0 aliphatic carbocycles. The van der Waals surface area contributed by atoms with Crippen molar-refractivity contribution < 1.29 is 17.9 Å². The molecule has 0 spiro atoms. The van der Waals surface area contributed by atoms with E-state index in [2.05, 4.69) is 20.7 Å². The first kappa shape index (κ1) is 11.2. The molecule has 0 bridgehead atoms. The second-order valence-electron chi connectivity index (χ2n) is 2.06. The average Bonchev–Trinajstić information content (AvgIpc) is 1.85. The van der Waals surface area contributed by atoms with Crippen molar-refractivity contribution in [1.29, 1.82) is 0 Å². The predicted octanol–water partition coefficient (Wildman–Crippen LogP) is 2.74. The van der Waals surface area contributed by atoms with E-state index in [1.807, 2.05) is 0 Å². The molecule has 0 radical (unpaired) electrons. The van der Waals surface area contributed by atoms with Crippen molar-refractivity contribution in [2.75, 3.05) is 18.5 Å². The fraction of sp³-hybridized carbons (Fsp3) is 1.00. The van der Waals surface area contributed by atoms with Gasteiger partial charge in [0, 0.05) is 11.9 Å². The maximum absolute atomic E-state index is 11.4. The third-order valence-electron chi connectivity index (χ3n) is 0.938. The Hall–Kier alpha value is 0.230. The zero-order valence-corrected chi connectivity index (χ0v) is 7.54. The summed E-state index contributed by atoms with van der Waals surface area (Å²) in [7, 11) is 0. The van der Waals surface area contributed by atoms with Crippen molar-refractivity contribution in [3.63, 3.8) is 0 Å². The van der Waals surface area contributed by atoms with Crippen LogP contribution in [0.15, 0.2) is 0 Å². The zero-order valence-electron chi connectivity index (χ0n) is 5.96. The van der Waals surface area contributed by atoms with Gasteiger partial charge in [-0.2, -0.15) is 13.2 Å². The lowest BCUT2D eigenvalue weighted by molar-refractivity contribution is -0.174. The van der Waals surface area contributed by atoms with E-state index in [-0.39, 0.29) is 6.61 Å². The summed E-state index contributed by atoms with van der Waals surface area (Å²) in [6, 6.07) is 0. The van der Waals surface area contributed by atoms with E-state index in [0.29, 0.717) is 6.42 Å². The summed E-state index contributed by atoms with van der Waals surface area (Å²) in [6.45, 7) is -0.944. The molecule has 5 heteroatoms. The number of alkyl halides is 4. The Morgan fingerprint density at radius 3 is 2.27 bits per heavy atom. The second-order valence-corrected chi connectivity index (χ2v) is 2.86. The van der Waals surface area contributed by atoms with Crippen LogP contribution >= 0.6 is 15.9 Å². The van der Waals surface area contributed by atoms with Crippen LogP contribution in [0.1, 0.15) is 12.8 Å². The maximum atomic E-state index is 11.4. The van der Waals surface area contributed by atoms with Crippen molar-refractivity contribution in [3.8, 4) is 0 Å². The molecule has 0 aromatic rings. The van der Waals surface area contributed by atoms with Crippen molar-refractivity contribution in [2.24, 2.45) is 0 Å². The van der Waals surface area contributed by atoms with Crippen molar-refractivity contribution >= 4 is 15.9 Å². The molecule has 68 valence electrons. The summed E-state index contributed by atoms with van der Waals surface area (Å²) >= 11 is 3.16. The van der Waals surface area contributed by atoms with E-state index in [9.17, 15) is 13.2 Å². The summed E-state index contributed by atoms with van der Waals surface area (Å²) in [5.74, 6) is 0. The van der Waals surface area contributed by atoms with Crippen LogP contribution in [0.3, 0.4) is 0 Å². The molecular weight excluding hydrogens is 225 g/mol. The number of ether oxygens (including phenoxy) is 1. The highest BCUT2D eigenvalue weighted by atomic mass is 79.9. The third kappa shape index (κ3) is 10.2. The number of hydrogen-bond acceptors (Lipinski definition) is 1. The summed E-state index contributed by atoms with van der Waals surface area (Å²) < 4.78 is 38.6. The smallest absolute Gasteiger partial charge is 0.372 e.